The van der Waals surface area contributed by atoms with Crippen molar-refractivity contribution in [1.29, 1.82) is 0 Å². The average Bonchev–Trinajstić information content (AvgIpc) is 2.73. The molecule has 0 bridgehead atoms. The topological polar surface area (TPSA) is 29.9 Å². The Morgan fingerprint density at radius 2 is 2.06 bits per heavy atom. The Bertz CT molecular complexity index is 293. The summed E-state index contributed by atoms with van der Waals surface area (Å²) in [6.07, 6.45) is 13.3. The second-order valence-corrected chi connectivity index (χ2v) is 4.91. The number of hydrogen-bond acceptors (Lipinski definition) is 2. The number of aryl methyl sites for hydroxylation is 1. The Morgan fingerprint density at radius 1 is 1.29 bits per heavy atom. The zero-order valence-electron chi connectivity index (χ0n) is 11.6. The zero-order chi connectivity index (χ0) is 12.5. The molecule has 0 aliphatic heterocycles. The van der Waals surface area contributed by atoms with Crippen LogP contribution in [0.2, 0.25) is 0 Å². The highest BCUT2D eigenvalue weighted by Gasteiger charge is 2.08. The van der Waals surface area contributed by atoms with Crippen LogP contribution in [0.4, 0.5) is 0 Å². The zero-order valence-corrected chi connectivity index (χ0v) is 11.6. The van der Waals surface area contributed by atoms with Crippen molar-refractivity contribution in [3.05, 3.63) is 18.0 Å². The number of aromatic nitrogens is 2. The summed E-state index contributed by atoms with van der Waals surface area (Å²) < 4.78 is 1.88. The SMILES string of the molecule is CCCCCCCC(Cc1cnn(C)c1)NC. The predicted molar refractivity (Wildman–Crippen MR) is 73.1 cm³/mol. The molecular formula is C14H27N3. The minimum Gasteiger partial charge on any atom is -0.317 e. The molecule has 1 rings (SSSR count). The molecule has 0 aromatic carbocycles. The van der Waals surface area contributed by atoms with Crippen molar-refractivity contribution in [2.45, 2.75) is 57.9 Å². The molecule has 3 nitrogen and oxygen atoms in total. The summed E-state index contributed by atoms with van der Waals surface area (Å²) in [6.45, 7) is 2.26. The van der Waals surface area contributed by atoms with Crippen molar-refractivity contribution >= 4 is 0 Å². The summed E-state index contributed by atoms with van der Waals surface area (Å²) in [5, 5.41) is 7.63. The van der Waals surface area contributed by atoms with Gasteiger partial charge in [0.2, 0.25) is 0 Å². The van der Waals surface area contributed by atoms with Crippen molar-refractivity contribution in [2.24, 2.45) is 7.05 Å². The first kappa shape index (κ1) is 14.2. The first-order valence-electron chi connectivity index (χ1n) is 6.91. The van der Waals surface area contributed by atoms with Crippen LogP contribution in [0.5, 0.6) is 0 Å². The minimum absolute atomic E-state index is 0.598. The monoisotopic (exact) mass is 237 g/mol. The minimum atomic E-state index is 0.598. The van der Waals surface area contributed by atoms with Gasteiger partial charge in [0.1, 0.15) is 0 Å². The molecule has 1 N–H and O–H groups in total. The van der Waals surface area contributed by atoms with E-state index >= 15 is 0 Å². The molecule has 17 heavy (non-hydrogen) atoms. The van der Waals surface area contributed by atoms with Gasteiger partial charge in [-0.25, -0.2) is 0 Å². The van der Waals surface area contributed by atoms with Gasteiger partial charge in [-0.15, -0.1) is 0 Å². The van der Waals surface area contributed by atoms with E-state index in [1.807, 2.05) is 17.9 Å². The highest BCUT2D eigenvalue weighted by atomic mass is 15.2. The Balaban J connectivity index is 2.19. The summed E-state index contributed by atoms with van der Waals surface area (Å²) in [7, 11) is 4.04. The van der Waals surface area contributed by atoms with Crippen LogP contribution < -0.4 is 5.32 Å². The van der Waals surface area contributed by atoms with Crippen molar-refractivity contribution < 1.29 is 0 Å². The van der Waals surface area contributed by atoms with E-state index in [0.717, 1.165) is 6.42 Å². The fourth-order valence-corrected chi connectivity index (χ4v) is 2.20. The van der Waals surface area contributed by atoms with E-state index in [2.05, 4.69) is 30.6 Å². The normalized spacial score (nSPS) is 12.9. The summed E-state index contributed by atoms with van der Waals surface area (Å²) in [5.74, 6) is 0. The van der Waals surface area contributed by atoms with Crippen LogP contribution in [-0.2, 0) is 13.5 Å². The molecule has 0 aliphatic carbocycles. The Morgan fingerprint density at radius 3 is 2.65 bits per heavy atom. The Hall–Kier alpha value is -0.830. The van der Waals surface area contributed by atoms with E-state index in [-0.39, 0.29) is 0 Å². The summed E-state index contributed by atoms with van der Waals surface area (Å²) in [4.78, 5) is 0. The quantitative estimate of drug-likeness (QED) is 0.669. The molecule has 0 radical (unpaired) electrons. The second-order valence-electron chi connectivity index (χ2n) is 4.91. The van der Waals surface area contributed by atoms with E-state index < -0.39 is 0 Å². The van der Waals surface area contributed by atoms with E-state index in [0.29, 0.717) is 6.04 Å². The third-order valence-electron chi connectivity index (χ3n) is 3.30. The molecular weight excluding hydrogens is 210 g/mol. The molecule has 0 amide bonds. The first-order chi connectivity index (χ1) is 8.26. The van der Waals surface area contributed by atoms with Crippen molar-refractivity contribution in [3.63, 3.8) is 0 Å². The van der Waals surface area contributed by atoms with Crippen LogP contribution in [-0.4, -0.2) is 22.9 Å². The van der Waals surface area contributed by atoms with Crippen molar-refractivity contribution in [1.82, 2.24) is 15.1 Å². The molecule has 0 saturated carbocycles. The van der Waals surface area contributed by atoms with Crippen LogP contribution in [0.1, 0.15) is 51.0 Å². The molecule has 1 unspecified atom stereocenters. The summed E-state index contributed by atoms with van der Waals surface area (Å²) in [5.41, 5.74) is 1.33. The fraction of sp³-hybridized carbons (Fsp3) is 0.786. The van der Waals surface area contributed by atoms with Crippen LogP contribution >= 0.6 is 0 Å². The van der Waals surface area contributed by atoms with Gasteiger partial charge in [-0.05, 0) is 25.5 Å². The molecule has 1 aromatic heterocycles. The van der Waals surface area contributed by atoms with Gasteiger partial charge in [0.25, 0.3) is 0 Å². The Kier molecular flexibility index (Phi) is 6.94. The lowest BCUT2D eigenvalue weighted by molar-refractivity contribution is 0.482. The van der Waals surface area contributed by atoms with Gasteiger partial charge < -0.3 is 5.32 Å². The molecule has 1 heterocycles. The summed E-state index contributed by atoms with van der Waals surface area (Å²) in [6, 6.07) is 0.598. The summed E-state index contributed by atoms with van der Waals surface area (Å²) >= 11 is 0. The maximum Gasteiger partial charge on any atom is 0.0522 e. The molecule has 3 heteroatoms. The van der Waals surface area contributed by atoms with Gasteiger partial charge >= 0.3 is 0 Å². The third-order valence-corrected chi connectivity index (χ3v) is 3.30. The number of nitrogens with zero attached hydrogens (tertiary/aromatic N) is 2. The lowest BCUT2D eigenvalue weighted by atomic mass is 10.0. The Labute approximate surface area is 106 Å². The van der Waals surface area contributed by atoms with Crippen LogP contribution in [0.3, 0.4) is 0 Å². The van der Waals surface area contributed by atoms with Gasteiger partial charge in [0, 0.05) is 19.3 Å². The lowest BCUT2D eigenvalue weighted by Crippen LogP contribution is -2.27. The van der Waals surface area contributed by atoms with Gasteiger partial charge in [-0.3, -0.25) is 4.68 Å². The highest BCUT2D eigenvalue weighted by Crippen LogP contribution is 2.10. The van der Waals surface area contributed by atoms with Gasteiger partial charge in [0.05, 0.1) is 6.20 Å². The first-order valence-corrected chi connectivity index (χ1v) is 6.91. The van der Waals surface area contributed by atoms with Gasteiger partial charge in [-0.1, -0.05) is 39.0 Å². The molecule has 0 saturated heterocycles. The third kappa shape index (κ3) is 5.87. The number of unbranched alkanes of at least 4 members (excludes halogenated alkanes) is 4. The number of rotatable bonds is 9. The van der Waals surface area contributed by atoms with Crippen LogP contribution in [0.25, 0.3) is 0 Å². The second kappa shape index (κ2) is 8.29. The molecule has 0 spiro atoms. The maximum absolute atomic E-state index is 4.21. The average molecular weight is 237 g/mol. The predicted octanol–water partition coefficient (Wildman–Crippen LogP) is 2.91. The molecule has 0 fully saturated rings. The highest BCUT2D eigenvalue weighted by molar-refractivity contribution is 5.05. The lowest BCUT2D eigenvalue weighted by Gasteiger charge is -2.14. The van der Waals surface area contributed by atoms with E-state index in [1.165, 1.54) is 44.1 Å². The van der Waals surface area contributed by atoms with Gasteiger partial charge in [-0.2, -0.15) is 5.10 Å². The van der Waals surface area contributed by atoms with Gasteiger partial charge in [0.15, 0.2) is 0 Å². The van der Waals surface area contributed by atoms with E-state index in [9.17, 15) is 0 Å². The maximum atomic E-state index is 4.21. The fourth-order valence-electron chi connectivity index (χ4n) is 2.20. The van der Waals surface area contributed by atoms with Crippen molar-refractivity contribution in [2.75, 3.05) is 7.05 Å². The smallest absolute Gasteiger partial charge is 0.0522 e. The molecule has 1 atom stereocenters. The number of hydrogen-bond donors (Lipinski definition) is 1. The molecule has 98 valence electrons. The van der Waals surface area contributed by atoms with E-state index in [1.54, 1.807) is 0 Å². The molecule has 1 aromatic rings. The van der Waals surface area contributed by atoms with Crippen LogP contribution in [0, 0.1) is 0 Å². The number of nitrogens with one attached hydrogen (secondary N) is 1. The molecule has 0 aliphatic rings. The van der Waals surface area contributed by atoms with E-state index in [4.69, 9.17) is 0 Å². The van der Waals surface area contributed by atoms with Crippen LogP contribution in [0.15, 0.2) is 12.4 Å². The standard InChI is InChI=1S/C14H27N3/c1-4-5-6-7-8-9-14(15-2)10-13-11-16-17(3)12-13/h11-12,14-15H,4-10H2,1-3H3. The number of likely N-dealkylation sites (N-methyl/N-ethyl adjacent to an activating group) is 1. The largest absolute Gasteiger partial charge is 0.317 e. The van der Waals surface area contributed by atoms with Crippen molar-refractivity contribution in [3.8, 4) is 0 Å².